The average Bonchev–Trinajstić information content (AvgIpc) is 3.27. The Morgan fingerprint density at radius 3 is 2.73 bits per heavy atom. The summed E-state index contributed by atoms with van der Waals surface area (Å²) in [6, 6.07) is 5.56. The minimum atomic E-state index is -0.270. The number of ether oxygens (including phenoxy) is 2. The first kappa shape index (κ1) is 17.9. The van der Waals surface area contributed by atoms with Gasteiger partial charge in [-0.15, -0.1) is 11.3 Å². The molecule has 2 aromatic heterocycles. The van der Waals surface area contributed by atoms with Gasteiger partial charge < -0.3 is 14.0 Å². The summed E-state index contributed by atoms with van der Waals surface area (Å²) in [6.07, 6.45) is 0.596. The molecule has 1 amide bonds. The molecule has 3 rings (SSSR count). The largest absolute Gasteiger partial charge is 0.493 e. The lowest BCUT2D eigenvalue weighted by molar-refractivity contribution is 0.102. The third-order valence-corrected chi connectivity index (χ3v) is 4.64. The minimum Gasteiger partial charge on any atom is -0.493 e. The van der Waals surface area contributed by atoms with Crippen molar-refractivity contribution in [1.82, 2.24) is 10.1 Å². The third kappa shape index (κ3) is 3.41. The summed E-state index contributed by atoms with van der Waals surface area (Å²) < 4.78 is 15.7. The highest BCUT2D eigenvalue weighted by Gasteiger charge is 2.20. The second-order valence-electron chi connectivity index (χ2n) is 5.48. The summed E-state index contributed by atoms with van der Waals surface area (Å²) in [6.45, 7) is 3.66. The van der Waals surface area contributed by atoms with Crippen LogP contribution in [-0.4, -0.2) is 30.3 Å². The van der Waals surface area contributed by atoms with Crippen molar-refractivity contribution in [3.8, 4) is 22.8 Å². The van der Waals surface area contributed by atoms with Gasteiger partial charge in [-0.2, -0.15) is 0 Å². The average molecular weight is 373 g/mol. The molecule has 0 aliphatic heterocycles. The van der Waals surface area contributed by atoms with E-state index in [2.05, 4.69) is 15.5 Å². The molecular formula is C18H19N3O4S. The standard InChI is InChI=1S/C18H19N3O4S/c1-5-13-16(10(2)21-25-13)17(22)20-18-19-12(9-26-18)11-6-7-14(23-3)15(8-11)24-4/h6-9H,5H2,1-4H3,(H,19,20,22). The Hall–Kier alpha value is -2.87. The van der Waals surface area contributed by atoms with E-state index in [0.717, 1.165) is 11.3 Å². The first-order chi connectivity index (χ1) is 12.6. The van der Waals surface area contributed by atoms with Gasteiger partial charge in [0.25, 0.3) is 5.91 Å². The number of hydrogen-bond donors (Lipinski definition) is 1. The molecule has 0 bridgehead atoms. The molecule has 0 aliphatic rings. The predicted molar refractivity (Wildman–Crippen MR) is 99.2 cm³/mol. The summed E-state index contributed by atoms with van der Waals surface area (Å²) >= 11 is 1.35. The Kier molecular flexibility index (Phi) is 5.22. The Balaban J connectivity index is 1.82. The second-order valence-corrected chi connectivity index (χ2v) is 6.34. The number of thiazole rings is 1. The van der Waals surface area contributed by atoms with Crippen LogP contribution in [0.15, 0.2) is 28.1 Å². The van der Waals surface area contributed by atoms with Gasteiger partial charge in [-0.1, -0.05) is 12.1 Å². The number of benzene rings is 1. The van der Waals surface area contributed by atoms with E-state index in [9.17, 15) is 4.79 Å². The molecule has 0 fully saturated rings. The van der Waals surface area contributed by atoms with Crippen molar-refractivity contribution in [2.75, 3.05) is 19.5 Å². The van der Waals surface area contributed by atoms with Crippen LogP contribution in [0.3, 0.4) is 0 Å². The number of carbonyl (C=O) groups is 1. The van der Waals surface area contributed by atoms with Crippen molar-refractivity contribution in [1.29, 1.82) is 0 Å². The van der Waals surface area contributed by atoms with Crippen molar-refractivity contribution in [3.63, 3.8) is 0 Å². The molecule has 0 radical (unpaired) electrons. The zero-order valence-corrected chi connectivity index (χ0v) is 15.8. The fourth-order valence-corrected chi connectivity index (χ4v) is 3.28. The van der Waals surface area contributed by atoms with Crippen LogP contribution in [0, 0.1) is 6.92 Å². The van der Waals surface area contributed by atoms with Gasteiger partial charge in [0, 0.05) is 17.4 Å². The van der Waals surface area contributed by atoms with E-state index in [1.54, 1.807) is 21.1 Å². The monoisotopic (exact) mass is 373 g/mol. The SMILES string of the molecule is CCc1onc(C)c1C(=O)Nc1nc(-c2ccc(OC)c(OC)c2)cs1. The van der Waals surface area contributed by atoms with E-state index in [-0.39, 0.29) is 5.91 Å². The number of aryl methyl sites for hydroxylation is 2. The van der Waals surface area contributed by atoms with Crippen LogP contribution in [0.25, 0.3) is 11.3 Å². The smallest absolute Gasteiger partial charge is 0.262 e. The topological polar surface area (TPSA) is 86.5 Å². The first-order valence-corrected chi connectivity index (χ1v) is 8.89. The van der Waals surface area contributed by atoms with Gasteiger partial charge in [0.15, 0.2) is 16.6 Å². The quantitative estimate of drug-likeness (QED) is 0.704. The molecule has 0 atom stereocenters. The fraction of sp³-hybridized carbons (Fsp3) is 0.278. The van der Waals surface area contributed by atoms with E-state index in [1.807, 2.05) is 30.5 Å². The molecule has 0 unspecified atom stereocenters. The number of amides is 1. The second kappa shape index (κ2) is 7.57. The van der Waals surface area contributed by atoms with Crippen LogP contribution in [0.5, 0.6) is 11.5 Å². The Morgan fingerprint density at radius 2 is 2.04 bits per heavy atom. The van der Waals surface area contributed by atoms with Crippen molar-refractivity contribution >= 4 is 22.4 Å². The maximum Gasteiger partial charge on any atom is 0.262 e. The number of carbonyl (C=O) groups excluding carboxylic acids is 1. The van der Waals surface area contributed by atoms with Gasteiger partial charge in [-0.3, -0.25) is 10.1 Å². The molecule has 8 heteroatoms. The van der Waals surface area contributed by atoms with Gasteiger partial charge in [-0.05, 0) is 25.1 Å². The molecule has 3 aromatic rings. The number of methoxy groups -OCH3 is 2. The molecule has 0 saturated carbocycles. The number of anilines is 1. The van der Waals surface area contributed by atoms with E-state index < -0.39 is 0 Å². The zero-order valence-electron chi connectivity index (χ0n) is 15.0. The lowest BCUT2D eigenvalue weighted by atomic mass is 10.1. The molecule has 0 saturated heterocycles. The van der Waals surface area contributed by atoms with Crippen molar-refractivity contribution in [2.45, 2.75) is 20.3 Å². The Morgan fingerprint density at radius 1 is 1.27 bits per heavy atom. The van der Waals surface area contributed by atoms with Crippen molar-refractivity contribution in [3.05, 3.63) is 40.6 Å². The Labute approximate surface area is 154 Å². The lowest BCUT2D eigenvalue weighted by Gasteiger charge is -2.08. The van der Waals surface area contributed by atoms with E-state index in [4.69, 9.17) is 14.0 Å². The Bertz CT molecular complexity index is 932. The summed E-state index contributed by atoms with van der Waals surface area (Å²) in [7, 11) is 3.17. The number of rotatable bonds is 6. The highest BCUT2D eigenvalue weighted by molar-refractivity contribution is 7.14. The van der Waals surface area contributed by atoms with Crippen LogP contribution in [-0.2, 0) is 6.42 Å². The molecule has 0 aliphatic carbocycles. The van der Waals surface area contributed by atoms with Gasteiger partial charge in [-0.25, -0.2) is 4.98 Å². The summed E-state index contributed by atoms with van der Waals surface area (Å²) in [5.41, 5.74) is 2.64. The van der Waals surface area contributed by atoms with Crippen LogP contribution >= 0.6 is 11.3 Å². The fourth-order valence-electron chi connectivity index (χ4n) is 2.57. The summed E-state index contributed by atoms with van der Waals surface area (Å²) in [5.74, 6) is 1.57. The molecular weight excluding hydrogens is 354 g/mol. The van der Waals surface area contributed by atoms with E-state index in [0.29, 0.717) is 40.1 Å². The van der Waals surface area contributed by atoms with Crippen LogP contribution in [0.2, 0.25) is 0 Å². The maximum absolute atomic E-state index is 12.5. The molecule has 1 aromatic carbocycles. The molecule has 0 spiro atoms. The normalized spacial score (nSPS) is 10.6. The predicted octanol–water partition coefficient (Wildman–Crippen LogP) is 3.94. The summed E-state index contributed by atoms with van der Waals surface area (Å²) in [4.78, 5) is 17.0. The van der Waals surface area contributed by atoms with E-state index in [1.165, 1.54) is 11.3 Å². The van der Waals surface area contributed by atoms with E-state index >= 15 is 0 Å². The molecule has 136 valence electrons. The summed E-state index contributed by atoms with van der Waals surface area (Å²) in [5, 5.41) is 9.05. The number of nitrogens with zero attached hydrogens (tertiary/aromatic N) is 2. The first-order valence-electron chi connectivity index (χ1n) is 8.01. The van der Waals surface area contributed by atoms with Crippen LogP contribution < -0.4 is 14.8 Å². The number of nitrogens with one attached hydrogen (secondary N) is 1. The number of hydrogen-bond acceptors (Lipinski definition) is 7. The maximum atomic E-state index is 12.5. The van der Waals surface area contributed by atoms with Gasteiger partial charge in [0.2, 0.25) is 0 Å². The van der Waals surface area contributed by atoms with Crippen molar-refractivity contribution < 1.29 is 18.8 Å². The zero-order chi connectivity index (χ0) is 18.7. The highest BCUT2D eigenvalue weighted by Crippen LogP contribution is 2.33. The van der Waals surface area contributed by atoms with Gasteiger partial charge in [0.1, 0.15) is 11.3 Å². The number of aromatic nitrogens is 2. The van der Waals surface area contributed by atoms with Gasteiger partial charge >= 0.3 is 0 Å². The molecule has 26 heavy (non-hydrogen) atoms. The van der Waals surface area contributed by atoms with Gasteiger partial charge in [0.05, 0.1) is 25.6 Å². The van der Waals surface area contributed by atoms with Crippen LogP contribution in [0.4, 0.5) is 5.13 Å². The highest BCUT2D eigenvalue weighted by atomic mass is 32.1. The minimum absolute atomic E-state index is 0.270. The third-order valence-electron chi connectivity index (χ3n) is 3.89. The van der Waals surface area contributed by atoms with Crippen molar-refractivity contribution in [2.24, 2.45) is 0 Å². The molecule has 7 nitrogen and oxygen atoms in total. The molecule has 1 N–H and O–H groups in total. The van der Waals surface area contributed by atoms with Crippen LogP contribution in [0.1, 0.15) is 28.7 Å². The molecule has 2 heterocycles. The lowest BCUT2D eigenvalue weighted by Crippen LogP contribution is -2.14.